The zero-order valence-electron chi connectivity index (χ0n) is 16.9. The van der Waals surface area contributed by atoms with Crippen LogP contribution in [0.2, 0.25) is 5.02 Å². The molecular weight excluding hydrogens is 495 g/mol. The first kappa shape index (κ1) is 23.7. The van der Waals surface area contributed by atoms with Crippen LogP contribution in [0, 0.1) is 0 Å². The van der Waals surface area contributed by atoms with E-state index in [1.165, 1.54) is 0 Å². The minimum absolute atomic E-state index is 0.109. The van der Waals surface area contributed by atoms with Gasteiger partial charge in [-0.05, 0) is 71.7 Å². The molecule has 0 saturated heterocycles. The van der Waals surface area contributed by atoms with Gasteiger partial charge in [-0.3, -0.25) is 0 Å². The normalized spacial score (nSPS) is 14.6. The minimum atomic E-state index is -4.84. The first-order valence-corrected chi connectivity index (χ1v) is 12.4. The van der Waals surface area contributed by atoms with Crippen molar-refractivity contribution < 1.29 is 26.3 Å². The van der Waals surface area contributed by atoms with Gasteiger partial charge in [0.2, 0.25) is 10.0 Å². The molecule has 0 atom stereocenters. The average molecular weight is 512 g/mol. The zero-order chi connectivity index (χ0) is 23.6. The van der Waals surface area contributed by atoms with Crippen molar-refractivity contribution >= 4 is 39.0 Å². The smallest absolute Gasteiger partial charge is 0.406 e. The number of rotatable bonds is 6. The second-order valence-corrected chi connectivity index (χ2v) is 10.3. The predicted octanol–water partition coefficient (Wildman–Crippen LogP) is 6.50. The van der Waals surface area contributed by atoms with Crippen LogP contribution in [0.1, 0.15) is 17.5 Å². The summed E-state index contributed by atoms with van der Waals surface area (Å²) in [6.45, 7) is 0.109. The molecule has 0 saturated carbocycles. The first-order valence-electron chi connectivity index (χ1n) is 9.75. The molecule has 33 heavy (non-hydrogen) atoms. The standard InChI is InChI=1S/C23H17ClF3NO3S2/c24-15-7-12-22-20(14-15)18(19-4-1-2-6-21(19)32-22)5-3-13-28-33(29,30)17-10-8-16(9-11-17)31-23(25,26)27/h1-2,4-12,14,28H,3,13H2/b18-5-. The molecule has 0 bridgehead atoms. The van der Waals surface area contributed by atoms with Crippen LogP contribution in [0.4, 0.5) is 13.2 Å². The fraction of sp³-hybridized carbons (Fsp3) is 0.130. The summed E-state index contributed by atoms with van der Waals surface area (Å²) in [6, 6.07) is 17.7. The van der Waals surface area contributed by atoms with E-state index in [4.69, 9.17) is 11.6 Å². The van der Waals surface area contributed by atoms with Crippen LogP contribution in [0.5, 0.6) is 5.75 Å². The molecular formula is C23H17ClF3NO3S2. The van der Waals surface area contributed by atoms with Crippen LogP contribution in [0.3, 0.4) is 0 Å². The van der Waals surface area contributed by atoms with Crippen LogP contribution in [0.15, 0.2) is 87.5 Å². The number of nitrogens with one attached hydrogen (secondary N) is 1. The van der Waals surface area contributed by atoms with E-state index in [9.17, 15) is 21.6 Å². The van der Waals surface area contributed by atoms with Crippen LogP contribution in [-0.2, 0) is 10.0 Å². The number of alkyl halides is 3. The van der Waals surface area contributed by atoms with Gasteiger partial charge in [-0.15, -0.1) is 13.2 Å². The maximum Gasteiger partial charge on any atom is 0.573 e. The Balaban J connectivity index is 1.48. The fourth-order valence-electron chi connectivity index (χ4n) is 3.38. The Hall–Kier alpha value is -2.46. The van der Waals surface area contributed by atoms with Crippen molar-refractivity contribution in [2.45, 2.75) is 27.5 Å². The molecule has 0 fully saturated rings. The third-order valence-corrected chi connectivity index (χ3v) is 7.65. The molecule has 0 unspecified atom stereocenters. The lowest BCUT2D eigenvalue weighted by molar-refractivity contribution is -0.274. The maximum atomic E-state index is 12.5. The summed E-state index contributed by atoms with van der Waals surface area (Å²) in [5, 5.41) is 0.610. The van der Waals surface area contributed by atoms with Crippen LogP contribution in [0.25, 0.3) is 5.57 Å². The van der Waals surface area contributed by atoms with Crippen molar-refractivity contribution in [1.82, 2.24) is 4.72 Å². The number of halogens is 4. The summed E-state index contributed by atoms with van der Waals surface area (Å²) in [4.78, 5) is 2.01. The lowest BCUT2D eigenvalue weighted by Gasteiger charge is -2.22. The maximum absolute atomic E-state index is 12.5. The van der Waals surface area contributed by atoms with Crippen LogP contribution in [-0.4, -0.2) is 21.3 Å². The molecule has 0 radical (unpaired) electrons. The molecule has 0 amide bonds. The van der Waals surface area contributed by atoms with Gasteiger partial charge in [0.1, 0.15) is 5.75 Å². The van der Waals surface area contributed by atoms with Crippen molar-refractivity contribution in [3.05, 3.63) is 89.0 Å². The molecule has 3 aromatic carbocycles. The molecule has 10 heteroatoms. The van der Waals surface area contributed by atoms with E-state index in [2.05, 4.69) is 9.46 Å². The van der Waals surface area contributed by atoms with Gasteiger partial charge in [-0.2, -0.15) is 0 Å². The number of hydrogen-bond acceptors (Lipinski definition) is 4. The summed E-state index contributed by atoms with van der Waals surface area (Å²) in [6.07, 6.45) is -2.49. The topological polar surface area (TPSA) is 55.4 Å². The second kappa shape index (κ2) is 9.42. The Labute approximate surface area is 198 Å². The Morgan fingerprint density at radius 1 is 0.970 bits per heavy atom. The third kappa shape index (κ3) is 5.73. The molecule has 1 aliphatic rings. The molecule has 4 nitrogen and oxygen atoms in total. The summed E-state index contributed by atoms with van der Waals surface area (Å²) in [5.41, 5.74) is 2.99. The van der Waals surface area contributed by atoms with Crippen molar-refractivity contribution in [1.29, 1.82) is 0 Å². The second-order valence-electron chi connectivity index (χ2n) is 7.06. The molecule has 1 N–H and O–H groups in total. The zero-order valence-corrected chi connectivity index (χ0v) is 19.3. The molecule has 3 aromatic rings. The Bertz CT molecular complexity index is 1310. The van der Waals surface area contributed by atoms with Gasteiger partial charge in [0.05, 0.1) is 4.90 Å². The Morgan fingerprint density at radius 2 is 1.67 bits per heavy atom. The van der Waals surface area contributed by atoms with E-state index >= 15 is 0 Å². The first-order chi connectivity index (χ1) is 15.6. The quantitative estimate of drug-likeness (QED) is 0.300. The lowest BCUT2D eigenvalue weighted by atomic mass is 9.96. The monoisotopic (exact) mass is 511 g/mol. The Kier molecular flexibility index (Phi) is 6.76. The van der Waals surface area contributed by atoms with Gasteiger partial charge in [0.15, 0.2) is 0 Å². The number of ether oxygens (including phenoxy) is 1. The van der Waals surface area contributed by atoms with Crippen molar-refractivity contribution in [2.24, 2.45) is 0 Å². The summed E-state index contributed by atoms with van der Waals surface area (Å²) >= 11 is 7.85. The number of sulfonamides is 1. The van der Waals surface area contributed by atoms with E-state index < -0.39 is 22.1 Å². The minimum Gasteiger partial charge on any atom is -0.406 e. The number of fused-ring (bicyclic) bond motifs is 2. The molecule has 0 spiro atoms. The van der Waals surface area contributed by atoms with Crippen LogP contribution < -0.4 is 9.46 Å². The largest absolute Gasteiger partial charge is 0.573 e. The van der Waals surface area contributed by atoms with E-state index in [1.54, 1.807) is 11.8 Å². The predicted molar refractivity (Wildman–Crippen MR) is 122 cm³/mol. The summed E-state index contributed by atoms with van der Waals surface area (Å²) < 4.78 is 68.1. The van der Waals surface area contributed by atoms with Gasteiger partial charge in [-0.25, -0.2) is 13.1 Å². The van der Waals surface area contributed by atoms with Crippen LogP contribution >= 0.6 is 23.4 Å². The van der Waals surface area contributed by atoms with Gasteiger partial charge < -0.3 is 4.74 Å². The SMILES string of the molecule is O=S(=O)(NCC/C=C1/c2ccccc2Sc2ccc(Cl)cc21)c1ccc(OC(F)(F)F)cc1. The molecule has 1 heterocycles. The fourth-order valence-corrected chi connectivity index (χ4v) is 5.68. The molecule has 4 rings (SSSR count). The van der Waals surface area contributed by atoms with E-state index in [-0.39, 0.29) is 11.4 Å². The number of benzene rings is 3. The molecule has 1 aliphatic heterocycles. The molecule has 0 aliphatic carbocycles. The third-order valence-electron chi connectivity index (χ3n) is 4.78. The average Bonchev–Trinajstić information content (AvgIpc) is 2.75. The summed E-state index contributed by atoms with van der Waals surface area (Å²) in [7, 11) is -3.89. The van der Waals surface area contributed by atoms with Gasteiger partial charge in [-0.1, -0.05) is 47.6 Å². The van der Waals surface area contributed by atoms with Gasteiger partial charge in [0.25, 0.3) is 0 Å². The molecule has 172 valence electrons. The van der Waals surface area contributed by atoms with Gasteiger partial charge in [0, 0.05) is 21.4 Å². The lowest BCUT2D eigenvalue weighted by Crippen LogP contribution is -2.24. The highest BCUT2D eigenvalue weighted by molar-refractivity contribution is 7.99. The van der Waals surface area contributed by atoms with E-state index in [1.807, 2.05) is 48.5 Å². The van der Waals surface area contributed by atoms with E-state index in [0.717, 1.165) is 50.8 Å². The van der Waals surface area contributed by atoms with Crippen molar-refractivity contribution in [2.75, 3.05) is 6.54 Å². The highest BCUT2D eigenvalue weighted by Crippen LogP contribution is 2.46. The number of hydrogen-bond donors (Lipinski definition) is 1. The highest BCUT2D eigenvalue weighted by atomic mass is 35.5. The highest BCUT2D eigenvalue weighted by Gasteiger charge is 2.31. The van der Waals surface area contributed by atoms with E-state index in [0.29, 0.717) is 11.4 Å². The Morgan fingerprint density at radius 3 is 2.39 bits per heavy atom. The van der Waals surface area contributed by atoms with Crippen molar-refractivity contribution in [3.63, 3.8) is 0 Å². The van der Waals surface area contributed by atoms with Crippen molar-refractivity contribution in [3.8, 4) is 5.75 Å². The van der Waals surface area contributed by atoms with Gasteiger partial charge >= 0.3 is 6.36 Å². The summed E-state index contributed by atoms with van der Waals surface area (Å²) in [5.74, 6) is -0.489. The molecule has 0 aromatic heterocycles.